The normalized spacial score (nSPS) is 12.6. The zero-order valence-electron chi connectivity index (χ0n) is 13.6. The van der Waals surface area contributed by atoms with Gasteiger partial charge in [0.05, 0.1) is 0 Å². The van der Waals surface area contributed by atoms with E-state index in [2.05, 4.69) is 20.7 Å². The van der Waals surface area contributed by atoms with Crippen molar-refractivity contribution in [1.82, 2.24) is 20.4 Å². The highest BCUT2D eigenvalue weighted by Gasteiger charge is 2.13. The number of aromatic nitrogens is 2. The van der Waals surface area contributed by atoms with Gasteiger partial charge in [0.15, 0.2) is 17.5 Å². The van der Waals surface area contributed by atoms with Crippen LogP contribution >= 0.6 is 24.0 Å². The summed E-state index contributed by atoms with van der Waals surface area (Å²) >= 11 is 0. The molecule has 0 fully saturated rings. The van der Waals surface area contributed by atoms with Crippen molar-refractivity contribution < 1.29 is 9.47 Å². The average molecular weight is 443 g/mol. The lowest BCUT2D eigenvalue weighted by molar-refractivity contribution is 0.174. The Morgan fingerprint density at radius 2 is 2.17 bits per heavy atom. The van der Waals surface area contributed by atoms with E-state index in [0.717, 1.165) is 42.5 Å². The van der Waals surface area contributed by atoms with E-state index in [0.29, 0.717) is 13.3 Å². The summed E-state index contributed by atoms with van der Waals surface area (Å²) in [5.74, 6) is 2.38. The molecule has 0 amide bonds. The Morgan fingerprint density at radius 3 is 2.96 bits per heavy atom. The molecule has 7 nitrogen and oxygen atoms in total. The third-order valence-corrected chi connectivity index (χ3v) is 3.54. The lowest BCUT2D eigenvalue weighted by Gasteiger charge is -2.12. The van der Waals surface area contributed by atoms with E-state index in [1.54, 1.807) is 13.2 Å². The van der Waals surface area contributed by atoms with E-state index in [1.165, 1.54) is 0 Å². The van der Waals surface area contributed by atoms with Crippen LogP contribution < -0.4 is 20.1 Å². The number of fused-ring (bicyclic) bond motifs is 1. The minimum atomic E-state index is 0. The zero-order valence-corrected chi connectivity index (χ0v) is 15.9. The number of aliphatic imine (C=N–C) groups is 1. The van der Waals surface area contributed by atoms with Crippen molar-refractivity contribution in [2.24, 2.45) is 4.99 Å². The Morgan fingerprint density at radius 1 is 1.29 bits per heavy atom. The summed E-state index contributed by atoms with van der Waals surface area (Å²) in [5.41, 5.74) is 1.12. The highest BCUT2D eigenvalue weighted by atomic mass is 127. The molecule has 1 aromatic heterocycles. The maximum absolute atomic E-state index is 5.38. The molecule has 0 saturated heterocycles. The summed E-state index contributed by atoms with van der Waals surface area (Å²) in [6.07, 6.45) is 4.73. The second-order valence-corrected chi connectivity index (χ2v) is 5.16. The van der Waals surface area contributed by atoms with Crippen LogP contribution in [-0.2, 0) is 13.1 Å². The first-order valence-electron chi connectivity index (χ1n) is 7.65. The second-order valence-electron chi connectivity index (χ2n) is 5.16. The van der Waals surface area contributed by atoms with Crippen molar-refractivity contribution in [2.45, 2.75) is 19.5 Å². The first-order chi connectivity index (χ1) is 11.3. The lowest BCUT2D eigenvalue weighted by atomic mass is 10.2. The molecule has 0 atom stereocenters. The monoisotopic (exact) mass is 443 g/mol. The molecule has 8 heteroatoms. The maximum atomic E-state index is 5.38. The number of guanidine groups is 1. The van der Waals surface area contributed by atoms with E-state index < -0.39 is 0 Å². The first kappa shape index (κ1) is 18.4. The standard InChI is InChI=1S/C16H21N5O2.HI/c1-17-16(18-6-2-8-21-9-3-7-20-21)19-11-13-4-5-14-15(10-13)23-12-22-14;/h3-5,7,9-10H,2,6,8,11-12H2,1H3,(H2,17,18,19);1H. The number of benzene rings is 1. The number of ether oxygens (including phenoxy) is 2. The Hall–Kier alpha value is -1.97. The van der Waals surface area contributed by atoms with E-state index in [-0.39, 0.29) is 24.0 Å². The predicted octanol–water partition coefficient (Wildman–Crippen LogP) is 1.99. The fourth-order valence-electron chi connectivity index (χ4n) is 2.34. The third-order valence-electron chi connectivity index (χ3n) is 3.54. The molecule has 2 N–H and O–H groups in total. The molecule has 0 bridgehead atoms. The van der Waals surface area contributed by atoms with E-state index in [1.807, 2.05) is 35.1 Å². The van der Waals surface area contributed by atoms with Crippen molar-refractivity contribution in [3.63, 3.8) is 0 Å². The molecule has 1 aliphatic heterocycles. The summed E-state index contributed by atoms with van der Waals surface area (Å²) in [7, 11) is 1.77. The van der Waals surface area contributed by atoms with E-state index in [9.17, 15) is 0 Å². The smallest absolute Gasteiger partial charge is 0.231 e. The maximum Gasteiger partial charge on any atom is 0.231 e. The molecule has 2 heterocycles. The minimum Gasteiger partial charge on any atom is -0.454 e. The highest BCUT2D eigenvalue weighted by molar-refractivity contribution is 14.0. The molecule has 3 rings (SSSR count). The van der Waals surface area contributed by atoms with Crippen LogP contribution in [0.5, 0.6) is 11.5 Å². The molecule has 0 radical (unpaired) electrons. The van der Waals surface area contributed by atoms with Gasteiger partial charge in [-0.2, -0.15) is 5.10 Å². The molecule has 130 valence electrons. The summed E-state index contributed by atoms with van der Waals surface area (Å²) in [4.78, 5) is 4.23. The van der Waals surface area contributed by atoms with Gasteiger partial charge in [0.25, 0.3) is 0 Å². The van der Waals surface area contributed by atoms with Crippen molar-refractivity contribution >= 4 is 29.9 Å². The van der Waals surface area contributed by atoms with Gasteiger partial charge in [0, 0.05) is 39.1 Å². The molecule has 24 heavy (non-hydrogen) atoms. The van der Waals surface area contributed by atoms with Gasteiger partial charge in [-0.3, -0.25) is 9.67 Å². The van der Waals surface area contributed by atoms with Gasteiger partial charge in [0.1, 0.15) is 0 Å². The molecule has 2 aromatic rings. The van der Waals surface area contributed by atoms with Crippen molar-refractivity contribution in [3.8, 4) is 11.5 Å². The Balaban J connectivity index is 0.00000208. The van der Waals surface area contributed by atoms with Crippen molar-refractivity contribution in [3.05, 3.63) is 42.2 Å². The molecular weight excluding hydrogens is 421 g/mol. The van der Waals surface area contributed by atoms with Crippen LogP contribution in [-0.4, -0.2) is 36.1 Å². The van der Waals surface area contributed by atoms with Crippen LogP contribution in [0.3, 0.4) is 0 Å². The van der Waals surface area contributed by atoms with Crippen LogP contribution in [0.25, 0.3) is 0 Å². The van der Waals surface area contributed by atoms with E-state index >= 15 is 0 Å². The van der Waals surface area contributed by atoms with Gasteiger partial charge < -0.3 is 20.1 Å². The molecule has 1 aliphatic rings. The van der Waals surface area contributed by atoms with Crippen molar-refractivity contribution in [1.29, 1.82) is 0 Å². The SMILES string of the molecule is CN=C(NCCCn1cccn1)NCc1ccc2c(c1)OCO2.I. The summed E-state index contributed by atoms with van der Waals surface area (Å²) in [6.45, 7) is 2.70. The van der Waals surface area contributed by atoms with Gasteiger partial charge in [-0.25, -0.2) is 0 Å². The lowest BCUT2D eigenvalue weighted by Crippen LogP contribution is -2.37. The van der Waals surface area contributed by atoms with Crippen molar-refractivity contribution in [2.75, 3.05) is 20.4 Å². The van der Waals surface area contributed by atoms with Crippen LogP contribution in [0.2, 0.25) is 0 Å². The fourth-order valence-corrected chi connectivity index (χ4v) is 2.34. The molecule has 0 spiro atoms. The Bertz CT molecular complexity index is 660. The number of rotatable bonds is 6. The number of halogens is 1. The minimum absolute atomic E-state index is 0. The molecule has 0 unspecified atom stereocenters. The highest BCUT2D eigenvalue weighted by Crippen LogP contribution is 2.32. The van der Waals surface area contributed by atoms with Gasteiger partial charge in [-0.05, 0) is 30.2 Å². The largest absolute Gasteiger partial charge is 0.454 e. The van der Waals surface area contributed by atoms with Crippen LogP contribution in [0.4, 0.5) is 0 Å². The summed E-state index contributed by atoms with van der Waals surface area (Å²) < 4.78 is 12.6. The number of nitrogens with one attached hydrogen (secondary N) is 2. The Labute approximate surface area is 158 Å². The molecular formula is C16H22IN5O2. The number of nitrogens with zero attached hydrogens (tertiary/aromatic N) is 3. The van der Waals surface area contributed by atoms with Crippen LogP contribution in [0.15, 0.2) is 41.7 Å². The summed E-state index contributed by atoms with van der Waals surface area (Å²) in [6, 6.07) is 7.87. The van der Waals surface area contributed by atoms with Gasteiger partial charge in [0.2, 0.25) is 6.79 Å². The molecule has 0 aliphatic carbocycles. The predicted molar refractivity (Wildman–Crippen MR) is 103 cm³/mol. The van der Waals surface area contributed by atoms with Crippen LogP contribution in [0.1, 0.15) is 12.0 Å². The number of hydrogen-bond acceptors (Lipinski definition) is 4. The first-order valence-corrected chi connectivity index (χ1v) is 7.65. The van der Waals surface area contributed by atoms with Gasteiger partial charge in [-0.15, -0.1) is 24.0 Å². The molecule has 0 saturated carbocycles. The quantitative estimate of drug-likeness (QED) is 0.309. The van der Waals surface area contributed by atoms with Gasteiger partial charge >= 0.3 is 0 Å². The topological polar surface area (TPSA) is 72.7 Å². The van der Waals surface area contributed by atoms with Gasteiger partial charge in [-0.1, -0.05) is 6.07 Å². The second kappa shape index (κ2) is 9.36. The summed E-state index contributed by atoms with van der Waals surface area (Å²) in [5, 5.41) is 10.8. The molecule has 1 aromatic carbocycles. The number of hydrogen-bond donors (Lipinski definition) is 2. The third kappa shape index (κ3) is 5.02. The average Bonchev–Trinajstić information content (AvgIpc) is 3.25. The van der Waals surface area contributed by atoms with E-state index in [4.69, 9.17) is 9.47 Å². The fraction of sp³-hybridized carbons (Fsp3) is 0.375. The number of aryl methyl sites for hydroxylation is 1. The van der Waals surface area contributed by atoms with Crippen LogP contribution in [0, 0.1) is 0 Å². The Kier molecular flexibility index (Phi) is 7.16. The zero-order chi connectivity index (χ0) is 15.9.